The predicted molar refractivity (Wildman–Crippen MR) is 152 cm³/mol. The number of ether oxygens (including phenoxy) is 2. The van der Waals surface area contributed by atoms with E-state index in [1.807, 2.05) is 60.7 Å². The highest BCUT2D eigenvalue weighted by molar-refractivity contribution is 5.87. The van der Waals surface area contributed by atoms with Gasteiger partial charge in [-0.25, -0.2) is 4.39 Å². The van der Waals surface area contributed by atoms with E-state index in [0.29, 0.717) is 24.6 Å². The first kappa shape index (κ1) is 26.0. The zero-order valence-electron chi connectivity index (χ0n) is 22.1. The number of methoxy groups -OCH3 is 2. The van der Waals surface area contributed by atoms with Crippen LogP contribution in [0.3, 0.4) is 0 Å². The number of carbonyl (C=O) groups excluding carboxylic acids is 1. The van der Waals surface area contributed by atoms with Gasteiger partial charge in [-0.3, -0.25) is 4.79 Å². The number of rotatable bonds is 10. The standard InChI is InChI=1S/C33H31FN2O3/c1-38-31-17-14-25(18-32(31)39-2)28(19-33(37)35-20-23-8-4-3-5-9-23)29-22-36(30-11-7-6-10-27(29)30)21-24-12-15-26(34)16-13-24/h3-18,22,28H,19-21H2,1-2H3,(H,35,37). The number of para-hydroxylation sites is 1. The van der Waals surface area contributed by atoms with Gasteiger partial charge < -0.3 is 19.4 Å². The Morgan fingerprint density at radius 2 is 1.56 bits per heavy atom. The fourth-order valence-corrected chi connectivity index (χ4v) is 5.00. The number of hydrogen-bond donors (Lipinski definition) is 1. The molecule has 4 aromatic carbocycles. The van der Waals surface area contributed by atoms with Gasteiger partial charge in [0.1, 0.15) is 5.82 Å². The molecule has 0 aliphatic carbocycles. The highest BCUT2D eigenvalue weighted by Gasteiger charge is 2.24. The first-order valence-corrected chi connectivity index (χ1v) is 12.9. The third-order valence-electron chi connectivity index (χ3n) is 6.99. The molecule has 6 heteroatoms. The van der Waals surface area contributed by atoms with Crippen molar-refractivity contribution in [3.05, 3.63) is 131 Å². The average molecular weight is 523 g/mol. The largest absolute Gasteiger partial charge is 0.493 e. The SMILES string of the molecule is COc1ccc(C(CC(=O)NCc2ccccc2)c2cn(Cc3ccc(F)cc3)c3ccccc23)cc1OC. The molecule has 1 aromatic heterocycles. The van der Waals surface area contributed by atoms with Crippen LogP contribution in [0.4, 0.5) is 4.39 Å². The van der Waals surface area contributed by atoms with Crippen LogP contribution in [0.5, 0.6) is 11.5 Å². The van der Waals surface area contributed by atoms with Gasteiger partial charge in [0.25, 0.3) is 0 Å². The molecule has 0 aliphatic rings. The van der Waals surface area contributed by atoms with Crippen LogP contribution in [0.25, 0.3) is 10.9 Å². The molecule has 0 saturated heterocycles. The lowest BCUT2D eigenvalue weighted by atomic mass is 9.87. The molecule has 0 aliphatic heterocycles. The summed E-state index contributed by atoms with van der Waals surface area (Å²) >= 11 is 0. The molecule has 0 bridgehead atoms. The summed E-state index contributed by atoms with van der Waals surface area (Å²) in [4.78, 5) is 13.3. The van der Waals surface area contributed by atoms with Crippen molar-refractivity contribution in [2.45, 2.75) is 25.4 Å². The van der Waals surface area contributed by atoms with Gasteiger partial charge in [-0.15, -0.1) is 0 Å². The number of benzene rings is 4. The molecule has 0 saturated carbocycles. The van der Waals surface area contributed by atoms with Crippen LogP contribution in [-0.4, -0.2) is 24.7 Å². The number of nitrogens with one attached hydrogen (secondary N) is 1. The van der Waals surface area contributed by atoms with Gasteiger partial charge in [0.2, 0.25) is 5.91 Å². The van der Waals surface area contributed by atoms with Crippen LogP contribution >= 0.6 is 0 Å². The molecule has 0 spiro atoms. The van der Waals surface area contributed by atoms with Crippen molar-refractivity contribution in [2.24, 2.45) is 0 Å². The van der Waals surface area contributed by atoms with E-state index in [-0.39, 0.29) is 24.1 Å². The summed E-state index contributed by atoms with van der Waals surface area (Å²) in [5.41, 5.74) is 5.07. The second-order valence-corrected chi connectivity index (χ2v) is 9.49. The summed E-state index contributed by atoms with van der Waals surface area (Å²) in [6.45, 7) is 1.05. The molecule has 5 nitrogen and oxygen atoms in total. The lowest BCUT2D eigenvalue weighted by Crippen LogP contribution is -2.25. The lowest BCUT2D eigenvalue weighted by Gasteiger charge is -2.19. The molecule has 0 fully saturated rings. The minimum absolute atomic E-state index is 0.0472. The summed E-state index contributed by atoms with van der Waals surface area (Å²) in [5, 5.41) is 4.15. The Kier molecular flexibility index (Phi) is 7.92. The van der Waals surface area contributed by atoms with Crippen LogP contribution in [0, 0.1) is 5.82 Å². The van der Waals surface area contributed by atoms with Gasteiger partial charge >= 0.3 is 0 Å². The van der Waals surface area contributed by atoms with Crippen molar-refractivity contribution in [2.75, 3.05) is 14.2 Å². The maximum atomic E-state index is 13.5. The van der Waals surface area contributed by atoms with E-state index in [4.69, 9.17) is 9.47 Å². The van der Waals surface area contributed by atoms with E-state index < -0.39 is 0 Å². The van der Waals surface area contributed by atoms with E-state index in [1.54, 1.807) is 26.4 Å². The van der Waals surface area contributed by atoms with E-state index in [2.05, 4.69) is 28.2 Å². The quantitative estimate of drug-likeness (QED) is 0.223. The molecule has 1 amide bonds. The third kappa shape index (κ3) is 5.96. The second kappa shape index (κ2) is 11.9. The molecule has 1 unspecified atom stereocenters. The number of halogens is 1. The van der Waals surface area contributed by atoms with Crippen LogP contribution < -0.4 is 14.8 Å². The third-order valence-corrected chi connectivity index (χ3v) is 6.99. The zero-order valence-corrected chi connectivity index (χ0v) is 22.1. The van der Waals surface area contributed by atoms with Crippen LogP contribution in [0.2, 0.25) is 0 Å². The number of carbonyl (C=O) groups is 1. The predicted octanol–water partition coefficient (Wildman–Crippen LogP) is 6.68. The van der Waals surface area contributed by atoms with Gasteiger partial charge in [0, 0.05) is 42.5 Å². The first-order chi connectivity index (χ1) is 19.1. The Morgan fingerprint density at radius 3 is 2.31 bits per heavy atom. The highest BCUT2D eigenvalue weighted by Crippen LogP contribution is 2.38. The number of aromatic nitrogens is 1. The summed E-state index contributed by atoms with van der Waals surface area (Å²) in [6.07, 6.45) is 2.37. The Balaban J connectivity index is 1.53. The van der Waals surface area contributed by atoms with Gasteiger partial charge in [-0.2, -0.15) is 0 Å². The van der Waals surface area contributed by atoms with Crippen molar-refractivity contribution in [3.8, 4) is 11.5 Å². The van der Waals surface area contributed by atoms with E-state index in [9.17, 15) is 9.18 Å². The van der Waals surface area contributed by atoms with Crippen LogP contribution in [0.15, 0.2) is 103 Å². The molecular formula is C33H31FN2O3. The van der Waals surface area contributed by atoms with Gasteiger partial charge in [0.05, 0.1) is 14.2 Å². The number of hydrogen-bond acceptors (Lipinski definition) is 3. The molecular weight excluding hydrogens is 491 g/mol. The monoisotopic (exact) mass is 522 g/mol. The van der Waals surface area contributed by atoms with Crippen LogP contribution in [-0.2, 0) is 17.9 Å². The van der Waals surface area contributed by atoms with E-state index >= 15 is 0 Å². The highest BCUT2D eigenvalue weighted by atomic mass is 19.1. The van der Waals surface area contributed by atoms with E-state index in [1.165, 1.54) is 12.1 Å². The maximum Gasteiger partial charge on any atom is 0.221 e. The Labute approximate surface area is 227 Å². The van der Waals surface area contributed by atoms with Gasteiger partial charge in [-0.1, -0.05) is 66.7 Å². The smallest absolute Gasteiger partial charge is 0.221 e. The average Bonchev–Trinajstić information content (AvgIpc) is 3.34. The second-order valence-electron chi connectivity index (χ2n) is 9.49. The number of amides is 1. The summed E-state index contributed by atoms with van der Waals surface area (Å²) < 4.78 is 26.7. The minimum atomic E-state index is -0.258. The molecule has 198 valence electrons. The van der Waals surface area contributed by atoms with Gasteiger partial charge in [-0.05, 0) is 52.6 Å². The summed E-state index contributed by atoms with van der Waals surface area (Å²) in [6, 6.07) is 30.4. The normalized spacial score (nSPS) is 11.8. The molecule has 0 radical (unpaired) electrons. The van der Waals surface area contributed by atoms with Crippen molar-refractivity contribution in [3.63, 3.8) is 0 Å². The topological polar surface area (TPSA) is 52.5 Å². The van der Waals surface area contributed by atoms with Gasteiger partial charge in [0.15, 0.2) is 11.5 Å². The molecule has 5 aromatic rings. The molecule has 1 N–H and O–H groups in total. The Hall–Kier alpha value is -4.58. The number of fused-ring (bicyclic) bond motifs is 1. The van der Waals surface area contributed by atoms with Crippen molar-refractivity contribution >= 4 is 16.8 Å². The van der Waals surface area contributed by atoms with Crippen molar-refractivity contribution in [1.29, 1.82) is 0 Å². The lowest BCUT2D eigenvalue weighted by molar-refractivity contribution is -0.121. The number of nitrogens with zero attached hydrogens (tertiary/aromatic N) is 1. The molecule has 5 rings (SSSR count). The van der Waals surface area contributed by atoms with Crippen molar-refractivity contribution < 1.29 is 18.7 Å². The van der Waals surface area contributed by atoms with Crippen LogP contribution in [0.1, 0.15) is 34.6 Å². The maximum absolute atomic E-state index is 13.5. The first-order valence-electron chi connectivity index (χ1n) is 12.9. The molecule has 39 heavy (non-hydrogen) atoms. The minimum Gasteiger partial charge on any atom is -0.493 e. The summed E-state index contributed by atoms with van der Waals surface area (Å²) in [7, 11) is 3.22. The Bertz CT molecular complexity index is 1560. The molecule has 1 atom stereocenters. The van der Waals surface area contributed by atoms with Crippen molar-refractivity contribution in [1.82, 2.24) is 9.88 Å². The summed E-state index contributed by atoms with van der Waals surface area (Å²) in [5.74, 6) is 0.702. The zero-order chi connectivity index (χ0) is 27.2. The van der Waals surface area contributed by atoms with E-state index in [0.717, 1.165) is 33.2 Å². The fraction of sp³-hybridized carbons (Fsp3) is 0.182. The molecule has 1 heterocycles. The Morgan fingerprint density at radius 1 is 0.846 bits per heavy atom. The fourth-order valence-electron chi connectivity index (χ4n) is 5.00.